The fraction of sp³-hybridized carbons (Fsp3) is 0.538. The highest BCUT2D eigenvalue weighted by molar-refractivity contribution is 7.89. The van der Waals surface area contributed by atoms with E-state index in [1.807, 2.05) is 56.3 Å². The van der Waals surface area contributed by atoms with Crippen molar-refractivity contribution >= 4 is 10.0 Å². The van der Waals surface area contributed by atoms with Crippen LogP contribution in [0.4, 0.5) is 4.39 Å². The van der Waals surface area contributed by atoms with E-state index in [1.54, 1.807) is 0 Å². The number of nitrogens with one attached hydrogen (secondary N) is 1. The number of sulfonamides is 1. The Labute approximate surface area is 207 Å². The second-order valence-electron chi connectivity index (χ2n) is 10.3. The third kappa shape index (κ3) is 5.16. The number of fused-ring (bicyclic) bond motifs is 2. The molecule has 0 amide bonds. The van der Waals surface area contributed by atoms with Gasteiger partial charge in [0.1, 0.15) is 10.7 Å². The van der Waals surface area contributed by atoms with E-state index in [1.165, 1.54) is 18.2 Å². The molecule has 2 aliphatic heterocycles. The maximum absolute atomic E-state index is 14.1. The van der Waals surface area contributed by atoms with Gasteiger partial charge in [0.15, 0.2) is 0 Å². The van der Waals surface area contributed by atoms with Crippen LogP contribution in [-0.2, 0) is 14.8 Å². The molecule has 0 spiro atoms. The highest BCUT2D eigenvalue weighted by Gasteiger charge is 2.57. The van der Waals surface area contributed by atoms with E-state index < -0.39 is 44.1 Å². The summed E-state index contributed by atoms with van der Waals surface area (Å²) in [5.41, 5.74) is -0.951. The molecule has 2 heterocycles. The Balaban J connectivity index is 1.65. The molecule has 192 valence electrons. The predicted molar refractivity (Wildman–Crippen MR) is 131 cm³/mol. The molecule has 4 rings (SSSR count). The summed E-state index contributed by atoms with van der Waals surface area (Å²) < 4.78 is 48.6. The molecule has 35 heavy (non-hydrogen) atoms. The molecule has 2 fully saturated rings. The van der Waals surface area contributed by atoms with E-state index in [0.29, 0.717) is 25.7 Å². The van der Waals surface area contributed by atoms with Gasteiger partial charge in [-0.25, -0.2) is 17.5 Å². The predicted octanol–water partition coefficient (Wildman–Crippen LogP) is 2.64. The highest BCUT2D eigenvalue weighted by atomic mass is 32.2. The summed E-state index contributed by atoms with van der Waals surface area (Å²) in [4.78, 5) is 1.50. The molecule has 2 aromatic rings. The van der Waals surface area contributed by atoms with Crippen molar-refractivity contribution in [2.24, 2.45) is 0 Å². The van der Waals surface area contributed by atoms with Gasteiger partial charge in [0.2, 0.25) is 10.0 Å². The van der Waals surface area contributed by atoms with E-state index in [4.69, 9.17) is 4.74 Å². The minimum Gasteiger partial charge on any atom is -0.389 e. The standard InChI is InChI=1S/C26H35FN2O5S/c1-25-15-19(18-9-5-4-6-10-18)16-26(34-25,14-13-21(24(25)31)29(2)3)23(30)17-28-35(32,33)22-12-8-7-11-20(22)27/h4-12,19,21,23-24,28,30-31H,13-17H2,1-3H3/t19-,21-,23+,24+,25+,26+/m1/s1. The lowest BCUT2D eigenvalue weighted by molar-refractivity contribution is -0.250. The van der Waals surface area contributed by atoms with Crippen LogP contribution in [0.3, 0.4) is 0 Å². The molecule has 0 aliphatic carbocycles. The fourth-order valence-electron chi connectivity index (χ4n) is 5.80. The Bertz CT molecular complexity index is 1130. The van der Waals surface area contributed by atoms with Crippen molar-refractivity contribution in [3.05, 3.63) is 66.0 Å². The Morgan fingerprint density at radius 2 is 1.80 bits per heavy atom. The Morgan fingerprint density at radius 1 is 1.14 bits per heavy atom. The summed E-state index contributed by atoms with van der Waals surface area (Å²) in [7, 11) is -0.359. The Morgan fingerprint density at radius 3 is 2.46 bits per heavy atom. The van der Waals surface area contributed by atoms with Gasteiger partial charge in [-0.15, -0.1) is 0 Å². The van der Waals surface area contributed by atoms with E-state index in [-0.39, 0.29) is 18.5 Å². The van der Waals surface area contributed by atoms with Crippen LogP contribution in [0.15, 0.2) is 59.5 Å². The minimum absolute atomic E-state index is 0.00309. The van der Waals surface area contributed by atoms with Gasteiger partial charge >= 0.3 is 0 Å². The normalized spacial score (nSPS) is 32.3. The van der Waals surface area contributed by atoms with Gasteiger partial charge in [0.05, 0.1) is 23.4 Å². The first-order valence-corrected chi connectivity index (χ1v) is 13.5. The van der Waals surface area contributed by atoms with Crippen molar-refractivity contribution in [1.82, 2.24) is 9.62 Å². The molecular formula is C26H35FN2O5S. The van der Waals surface area contributed by atoms with Gasteiger partial charge < -0.3 is 19.8 Å². The van der Waals surface area contributed by atoms with Crippen molar-refractivity contribution in [3.63, 3.8) is 0 Å². The van der Waals surface area contributed by atoms with Gasteiger partial charge in [-0.05, 0) is 70.3 Å². The zero-order valence-electron chi connectivity index (χ0n) is 20.4. The lowest BCUT2D eigenvalue weighted by atomic mass is 9.72. The number of rotatable bonds is 7. The number of hydrogen-bond donors (Lipinski definition) is 3. The van der Waals surface area contributed by atoms with Gasteiger partial charge in [0.25, 0.3) is 0 Å². The first-order valence-electron chi connectivity index (χ1n) is 12.0. The quantitative estimate of drug-likeness (QED) is 0.534. The number of halogens is 1. The lowest BCUT2D eigenvalue weighted by Gasteiger charge is -2.52. The fourth-order valence-corrected chi connectivity index (χ4v) is 6.92. The monoisotopic (exact) mass is 506 g/mol. The highest BCUT2D eigenvalue weighted by Crippen LogP contribution is 2.51. The van der Waals surface area contributed by atoms with Gasteiger partial charge in [-0.2, -0.15) is 0 Å². The number of aliphatic hydroxyl groups is 2. The summed E-state index contributed by atoms with van der Waals surface area (Å²) in [6.07, 6.45) is 0.0489. The van der Waals surface area contributed by atoms with E-state index >= 15 is 0 Å². The van der Waals surface area contributed by atoms with Gasteiger partial charge in [-0.3, -0.25) is 0 Å². The average Bonchev–Trinajstić information content (AvgIpc) is 2.90. The van der Waals surface area contributed by atoms with Crippen LogP contribution in [0.25, 0.3) is 0 Å². The largest absolute Gasteiger partial charge is 0.389 e. The van der Waals surface area contributed by atoms with E-state index in [2.05, 4.69) is 4.72 Å². The molecular weight excluding hydrogens is 471 g/mol. The number of aliphatic hydroxyl groups excluding tert-OH is 2. The molecule has 9 heteroatoms. The van der Waals surface area contributed by atoms with Gasteiger partial charge in [0, 0.05) is 12.6 Å². The van der Waals surface area contributed by atoms with E-state index in [9.17, 15) is 23.0 Å². The second-order valence-corrected chi connectivity index (χ2v) is 12.0. The van der Waals surface area contributed by atoms with Crippen LogP contribution >= 0.6 is 0 Å². The maximum Gasteiger partial charge on any atom is 0.243 e. The van der Waals surface area contributed by atoms with Crippen LogP contribution in [0.1, 0.15) is 44.1 Å². The van der Waals surface area contributed by atoms with Crippen LogP contribution in [0.2, 0.25) is 0 Å². The van der Waals surface area contributed by atoms with Crippen LogP contribution in [0.5, 0.6) is 0 Å². The summed E-state index contributed by atoms with van der Waals surface area (Å²) >= 11 is 0. The van der Waals surface area contributed by atoms with Crippen molar-refractivity contribution in [2.45, 2.75) is 72.9 Å². The maximum atomic E-state index is 14.1. The number of ether oxygens (including phenoxy) is 1. The zero-order chi connectivity index (χ0) is 25.4. The zero-order valence-corrected chi connectivity index (χ0v) is 21.2. The van der Waals surface area contributed by atoms with Crippen LogP contribution in [0, 0.1) is 5.82 Å². The number of benzene rings is 2. The molecule has 0 radical (unpaired) electrons. The molecule has 2 aliphatic rings. The summed E-state index contributed by atoms with van der Waals surface area (Å²) in [6.45, 7) is 1.54. The number of nitrogens with zero attached hydrogens (tertiary/aromatic N) is 1. The minimum atomic E-state index is -4.18. The molecule has 6 atom stereocenters. The molecule has 7 nitrogen and oxygen atoms in total. The van der Waals surface area contributed by atoms with Crippen molar-refractivity contribution < 1.29 is 27.8 Å². The average molecular weight is 507 g/mol. The summed E-state index contributed by atoms with van der Waals surface area (Å²) in [6, 6.07) is 14.9. The summed E-state index contributed by atoms with van der Waals surface area (Å²) in [5.74, 6) is -0.854. The Hall–Kier alpha value is -1.88. The third-order valence-electron chi connectivity index (χ3n) is 7.67. The number of likely N-dealkylation sites (N-methyl/N-ethyl adjacent to an activating group) is 1. The van der Waals surface area contributed by atoms with Crippen LogP contribution < -0.4 is 4.72 Å². The smallest absolute Gasteiger partial charge is 0.243 e. The summed E-state index contributed by atoms with van der Waals surface area (Å²) in [5, 5.41) is 22.8. The molecule has 2 bridgehead atoms. The molecule has 0 saturated carbocycles. The van der Waals surface area contributed by atoms with Crippen molar-refractivity contribution in [2.75, 3.05) is 20.6 Å². The van der Waals surface area contributed by atoms with Crippen molar-refractivity contribution in [3.8, 4) is 0 Å². The molecule has 2 aromatic carbocycles. The lowest BCUT2D eigenvalue weighted by Crippen LogP contribution is -2.61. The molecule has 0 unspecified atom stereocenters. The van der Waals surface area contributed by atoms with Gasteiger partial charge in [-0.1, -0.05) is 42.5 Å². The van der Waals surface area contributed by atoms with Crippen molar-refractivity contribution in [1.29, 1.82) is 0 Å². The van der Waals surface area contributed by atoms with Crippen LogP contribution in [-0.4, -0.2) is 73.6 Å². The topological polar surface area (TPSA) is 99.1 Å². The third-order valence-corrected chi connectivity index (χ3v) is 9.12. The molecule has 0 aromatic heterocycles. The second kappa shape index (κ2) is 9.88. The first kappa shape index (κ1) is 26.2. The first-order chi connectivity index (χ1) is 16.5. The SMILES string of the molecule is CN(C)[C@@H]1CC[C@@]2([C@@H](O)CNS(=O)(=O)c3ccccc3F)C[C@H](c3ccccc3)C[C@](C)(O2)[C@H]1O. The Kier molecular flexibility index (Phi) is 7.39. The molecule has 3 N–H and O–H groups in total. The molecule has 2 saturated heterocycles. The van der Waals surface area contributed by atoms with E-state index in [0.717, 1.165) is 11.6 Å². The number of hydrogen-bond acceptors (Lipinski definition) is 6.